The Labute approximate surface area is 155 Å². The van der Waals surface area contributed by atoms with Crippen LogP contribution in [0.15, 0.2) is 54.6 Å². The largest absolute Gasteiger partial charge is 0.508 e. The van der Waals surface area contributed by atoms with Crippen molar-refractivity contribution in [3.63, 3.8) is 0 Å². The summed E-state index contributed by atoms with van der Waals surface area (Å²) in [6, 6.07) is 17.3. The van der Waals surface area contributed by atoms with Gasteiger partial charge in [-0.1, -0.05) is 37.3 Å². The molecule has 0 amide bonds. The van der Waals surface area contributed by atoms with Crippen LogP contribution in [-0.2, 0) is 6.42 Å². The van der Waals surface area contributed by atoms with Crippen LogP contribution in [0.2, 0.25) is 0 Å². The molecule has 1 aliphatic rings. The van der Waals surface area contributed by atoms with Crippen molar-refractivity contribution in [2.45, 2.75) is 38.0 Å². The summed E-state index contributed by atoms with van der Waals surface area (Å²) in [6.45, 7) is 3.96. The number of phenolic OH excluding ortho intramolecular Hbond substituents is 1. The maximum absolute atomic E-state index is 11.1. The van der Waals surface area contributed by atoms with E-state index in [2.05, 4.69) is 29.3 Å². The van der Waals surface area contributed by atoms with Gasteiger partial charge in [-0.2, -0.15) is 0 Å². The van der Waals surface area contributed by atoms with E-state index in [0.717, 1.165) is 25.2 Å². The molecule has 2 aromatic carbocycles. The first kappa shape index (κ1) is 19.6. The van der Waals surface area contributed by atoms with Gasteiger partial charge in [0.1, 0.15) is 5.75 Å². The highest BCUT2D eigenvalue weighted by atomic mass is 35.5. The van der Waals surface area contributed by atoms with Gasteiger partial charge in [0.25, 0.3) is 0 Å². The highest BCUT2D eigenvalue weighted by molar-refractivity contribution is 5.85. The van der Waals surface area contributed by atoms with E-state index in [-0.39, 0.29) is 24.3 Å². The minimum absolute atomic E-state index is 0. The molecule has 5 heteroatoms. The normalized spacial score (nSPS) is 23.7. The fourth-order valence-electron chi connectivity index (χ4n) is 3.51. The Morgan fingerprint density at radius 3 is 2.44 bits per heavy atom. The van der Waals surface area contributed by atoms with Crippen molar-refractivity contribution in [3.05, 3.63) is 60.2 Å². The quantitative estimate of drug-likeness (QED) is 0.711. The summed E-state index contributed by atoms with van der Waals surface area (Å²) in [6.07, 6.45) is 2.22. The van der Waals surface area contributed by atoms with Crippen LogP contribution in [-0.4, -0.2) is 40.0 Å². The zero-order valence-electron chi connectivity index (χ0n) is 14.6. The van der Waals surface area contributed by atoms with E-state index in [1.165, 1.54) is 5.56 Å². The average Bonchev–Trinajstić information content (AvgIpc) is 2.58. The second kappa shape index (κ2) is 8.56. The molecule has 0 bridgehead atoms. The van der Waals surface area contributed by atoms with Crippen LogP contribution >= 0.6 is 12.4 Å². The molecule has 136 valence electrons. The molecule has 3 N–H and O–H groups in total. The van der Waals surface area contributed by atoms with Crippen molar-refractivity contribution in [2.24, 2.45) is 0 Å². The third kappa shape index (κ3) is 5.11. The molecule has 1 heterocycles. The van der Waals surface area contributed by atoms with Crippen LogP contribution in [0.25, 0.3) is 0 Å². The standard InChI is InChI=1S/C20H26N2O2.ClH/c1-2-22-13-12-20(24,14-16-6-4-3-5-7-16)15-19(22)21-17-8-10-18(23)11-9-17;/h3-11,19,21,23-24H,2,12-15H2,1H3;1H. The predicted molar refractivity (Wildman–Crippen MR) is 104 cm³/mol. The molecule has 1 aliphatic heterocycles. The first-order valence-electron chi connectivity index (χ1n) is 8.64. The maximum atomic E-state index is 11.1. The minimum atomic E-state index is -0.693. The van der Waals surface area contributed by atoms with Crippen LogP contribution < -0.4 is 5.32 Å². The lowest BCUT2D eigenvalue weighted by Crippen LogP contribution is -2.54. The third-order valence-corrected chi connectivity index (χ3v) is 4.86. The Kier molecular flexibility index (Phi) is 6.71. The van der Waals surface area contributed by atoms with Crippen LogP contribution in [0.5, 0.6) is 5.75 Å². The second-order valence-corrected chi connectivity index (χ2v) is 6.68. The summed E-state index contributed by atoms with van der Waals surface area (Å²) in [5.41, 5.74) is 1.44. The van der Waals surface area contributed by atoms with Gasteiger partial charge in [-0.3, -0.25) is 4.90 Å². The summed E-state index contributed by atoms with van der Waals surface area (Å²) < 4.78 is 0. The lowest BCUT2D eigenvalue weighted by molar-refractivity contribution is -0.0388. The molecule has 1 fully saturated rings. The fraction of sp³-hybridized carbons (Fsp3) is 0.400. The van der Waals surface area contributed by atoms with Gasteiger partial charge in [-0.15, -0.1) is 12.4 Å². The highest BCUT2D eigenvalue weighted by Crippen LogP contribution is 2.31. The van der Waals surface area contributed by atoms with Gasteiger partial charge >= 0.3 is 0 Å². The molecule has 4 nitrogen and oxygen atoms in total. The summed E-state index contributed by atoms with van der Waals surface area (Å²) in [5.74, 6) is 0.261. The molecule has 3 rings (SSSR count). The molecule has 0 saturated carbocycles. The summed E-state index contributed by atoms with van der Waals surface area (Å²) in [5, 5.41) is 24.1. The number of hydrogen-bond acceptors (Lipinski definition) is 4. The number of phenols is 1. The number of rotatable bonds is 5. The first-order valence-corrected chi connectivity index (χ1v) is 8.64. The monoisotopic (exact) mass is 362 g/mol. The molecule has 1 saturated heterocycles. The van der Waals surface area contributed by atoms with Gasteiger partial charge in [-0.25, -0.2) is 0 Å². The number of anilines is 1. The van der Waals surface area contributed by atoms with E-state index in [0.29, 0.717) is 12.8 Å². The topological polar surface area (TPSA) is 55.7 Å². The number of hydrogen-bond donors (Lipinski definition) is 3. The van der Waals surface area contributed by atoms with E-state index < -0.39 is 5.60 Å². The third-order valence-electron chi connectivity index (χ3n) is 4.86. The van der Waals surface area contributed by atoms with Gasteiger partial charge in [0, 0.05) is 25.1 Å². The van der Waals surface area contributed by atoms with E-state index >= 15 is 0 Å². The van der Waals surface area contributed by atoms with Gasteiger partial charge in [0.2, 0.25) is 0 Å². The van der Waals surface area contributed by atoms with Crippen molar-refractivity contribution >= 4 is 18.1 Å². The summed E-state index contributed by atoms with van der Waals surface area (Å²) >= 11 is 0. The van der Waals surface area contributed by atoms with Gasteiger partial charge in [0.15, 0.2) is 0 Å². The van der Waals surface area contributed by atoms with Gasteiger partial charge in [-0.05, 0) is 42.8 Å². The molecule has 25 heavy (non-hydrogen) atoms. The van der Waals surface area contributed by atoms with Crippen molar-refractivity contribution < 1.29 is 10.2 Å². The molecular formula is C20H27ClN2O2. The van der Waals surface area contributed by atoms with E-state index in [4.69, 9.17) is 0 Å². The van der Waals surface area contributed by atoms with Crippen molar-refractivity contribution in [3.8, 4) is 5.75 Å². The Hall–Kier alpha value is -1.75. The smallest absolute Gasteiger partial charge is 0.115 e. The number of piperidine rings is 1. The van der Waals surface area contributed by atoms with Crippen molar-refractivity contribution in [1.82, 2.24) is 4.90 Å². The van der Waals surface area contributed by atoms with E-state index in [1.54, 1.807) is 12.1 Å². The summed E-state index contributed by atoms with van der Waals surface area (Å²) in [4.78, 5) is 2.35. The number of halogens is 1. The zero-order chi connectivity index (χ0) is 17.0. The molecule has 0 spiro atoms. The Bertz CT molecular complexity index is 651. The SMILES string of the molecule is CCN1CCC(O)(Cc2ccccc2)CC1Nc1ccc(O)cc1.Cl. The van der Waals surface area contributed by atoms with Crippen molar-refractivity contribution in [1.29, 1.82) is 0 Å². The number of nitrogens with one attached hydrogen (secondary N) is 1. The number of aromatic hydroxyl groups is 1. The summed E-state index contributed by atoms with van der Waals surface area (Å²) in [7, 11) is 0. The van der Waals surface area contributed by atoms with Crippen LogP contribution in [0.4, 0.5) is 5.69 Å². The fourth-order valence-corrected chi connectivity index (χ4v) is 3.51. The lowest BCUT2D eigenvalue weighted by atomic mass is 9.83. The number of aliphatic hydroxyl groups is 1. The average molecular weight is 363 g/mol. The van der Waals surface area contributed by atoms with Crippen molar-refractivity contribution in [2.75, 3.05) is 18.4 Å². The molecule has 0 radical (unpaired) electrons. The number of nitrogens with zero attached hydrogens (tertiary/aromatic N) is 1. The predicted octanol–water partition coefficient (Wildman–Crippen LogP) is 3.64. The molecule has 2 unspecified atom stereocenters. The highest BCUT2D eigenvalue weighted by Gasteiger charge is 2.37. The Morgan fingerprint density at radius 2 is 1.80 bits per heavy atom. The number of benzene rings is 2. The molecule has 0 aromatic heterocycles. The zero-order valence-corrected chi connectivity index (χ0v) is 15.4. The molecule has 0 aliphatic carbocycles. The van der Waals surface area contributed by atoms with E-state index in [9.17, 15) is 10.2 Å². The Morgan fingerprint density at radius 1 is 1.12 bits per heavy atom. The van der Waals surface area contributed by atoms with Crippen LogP contribution in [0, 0.1) is 0 Å². The van der Waals surface area contributed by atoms with Crippen LogP contribution in [0.3, 0.4) is 0 Å². The second-order valence-electron chi connectivity index (χ2n) is 6.68. The minimum Gasteiger partial charge on any atom is -0.508 e. The van der Waals surface area contributed by atoms with E-state index in [1.807, 2.05) is 30.3 Å². The Balaban J connectivity index is 0.00000225. The lowest BCUT2D eigenvalue weighted by Gasteiger charge is -2.44. The molecule has 2 atom stereocenters. The van der Waals surface area contributed by atoms with Crippen LogP contribution in [0.1, 0.15) is 25.3 Å². The maximum Gasteiger partial charge on any atom is 0.115 e. The molecular weight excluding hydrogens is 336 g/mol. The first-order chi connectivity index (χ1) is 11.6. The van der Waals surface area contributed by atoms with Gasteiger partial charge in [0.05, 0.1) is 11.8 Å². The molecule has 2 aromatic rings. The van der Waals surface area contributed by atoms with Gasteiger partial charge < -0.3 is 15.5 Å². The number of likely N-dealkylation sites (tertiary alicyclic amines) is 1.